The molecule has 0 radical (unpaired) electrons. The molecule has 1 rings (SSSR count). The minimum Gasteiger partial charge on any atom is -0.460 e. The van der Waals surface area contributed by atoms with Crippen molar-refractivity contribution >= 4 is 35.5 Å². The maximum atomic E-state index is 12.8. The Bertz CT molecular complexity index is 1310. The molecule has 0 saturated carbocycles. The zero-order valence-electron chi connectivity index (χ0n) is 43.2. The molecule has 1 heterocycles. The van der Waals surface area contributed by atoms with Gasteiger partial charge in [0.15, 0.2) is 6.29 Å². The van der Waals surface area contributed by atoms with Crippen molar-refractivity contribution in [3.05, 3.63) is 12.3 Å². The molecule has 3 unspecified atom stereocenters. The number of likely N-dealkylation sites (tertiary alicyclic amines) is 1. The van der Waals surface area contributed by atoms with Gasteiger partial charge in [0.25, 0.3) is 0 Å². The van der Waals surface area contributed by atoms with Gasteiger partial charge in [0.1, 0.15) is 6.61 Å². The summed E-state index contributed by atoms with van der Waals surface area (Å²) >= 11 is 1.43. The molecule has 1 fully saturated rings. The summed E-state index contributed by atoms with van der Waals surface area (Å²) in [6, 6.07) is 0. The second-order valence-electron chi connectivity index (χ2n) is 15.3. The second kappa shape index (κ2) is 51.8. The highest BCUT2D eigenvalue weighted by Gasteiger charge is 2.38. The lowest BCUT2D eigenvalue weighted by Crippen LogP contribution is -2.34. The number of carbonyl (C=O) groups excluding carboxylic acids is 4. The smallest absolute Gasteiger partial charge is 0.305 e. The molecule has 0 aromatic rings. The molecule has 5 N–H and O–H groups in total. The lowest BCUT2D eigenvalue weighted by Gasteiger charge is -2.21. The van der Waals surface area contributed by atoms with E-state index in [1.807, 2.05) is 6.92 Å². The van der Waals surface area contributed by atoms with Crippen LogP contribution in [0.4, 0.5) is 0 Å². The highest BCUT2D eigenvalue weighted by atomic mass is 32.2. The topological polar surface area (TPSA) is 286 Å². The van der Waals surface area contributed by atoms with Crippen molar-refractivity contribution in [3.63, 3.8) is 0 Å². The third-order valence-electron chi connectivity index (χ3n) is 9.81. The van der Waals surface area contributed by atoms with Gasteiger partial charge in [-0.05, 0) is 19.3 Å². The monoisotopic (exact) mass is 1060 g/mol. The van der Waals surface area contributed by atoms with Crippen molar-refractivity contribution in [2.75, 3.05) is 205 Å². The Morgan fingerprint density at radius 1 is 0.667 bits per heavy atom. The number of hydrogen-bond acceptors (Lipinski definition) is 22. The van der Waals surface area contributed by atoms with Crippen LogP contribution in [0, 0.1) is 0 Å². The van der Waals surface area contributed by atoms with Crippen molar-refractivity contribution in [2.45, 2.75) is 63.1 Å². The number of amides is 3. The van der Waals surface area contributed by atoms with Gasteiger partial charge in [-0.25, -0.2) is 0 Å². The number of rotatable bonds is 55. The molecule has 72 heavy (non-hydrogen) atoms. The number of hydrogen-bond donors (Lipinski definition) is 3. The largest absolute Gasteiger partial charge is 0.460 e. The molecule has 1 saturated heterocycles. The Morgan fingerprint density at radius 2 is 1.08 bits per heavy atom. The van der Waals surface area contributed by atoms with Crippen LogP contribution in [0.5, 0.6) is 0 Å². The van der Waals surface area contributed by atoms with E-state index in [2.05, 4.69) is 17.2 Å². The van der Waals surface area contributed by atoms with Crippen LogP contribution in [0.3, 0.4) is 0 Å². The van der Waals surface area contributed by atoms with Crippen LogP contribution < -0.4 is 10.6 Å². The van der Waals surface area contributed by atoms with E-state index in [0.717, 1.165) is 5.70 Å². The molecule has 0 bridgehead atoms. The minimum absolute atomic E-state index is 0. The third-order valence-corrected chi connectivity index (χ3v) is 11.0. The van der Waals surface area contributed by atoms with Crippen LogP contribution in [0.15, 0.2) is 12.3 Å². The number of aliphatic hydroxyl groups is 1. The van der Waals surface area contributed by atoms with Crippen LogP contribution in [0.25, 0.3) is 0 Å². The zero-order valence-corrected chi connectivity index (χ0v) is 44.1. The predicted octanol–water partition coefficient (Wildman–Crippen LogP) is -0.0655. The number of carbonyl (C=O) groups is 4. The summed E-state index contributed by atoms with van der Waals surface area (Å²) in [7, 11) is 3.04. The average Bonchev–Trinajstić information content (AvgIpc) is 3.64. The number of esters is 1. The number of imide groups is 1. The van der Waals surface area contributed by atoms with E-state index in [1.165, 1.54) is 23.8 Å². The van der Waals surface area contributed by atoms with Gasteiger partial charge in [-0.2, -0.15) is 0 Å². The summed E-state index contributed by atoms with van der Waals surface area (Å²) in [4.78, 5) is 49.7. The molecule has 1 aliphatic rings. The van der Waals surface area contributed by atoms with E-state index in [0.29, 0.717) is 190 Å². The molecule has 3 atom stereocenters. The van der Waals surface area contributed by atoms with E-state index in [4.69, 9.17) is 71.1 Å². The molecular formula is C47H89N3O21S. The van der Waals surface area contributed by atoms with Crippen LogP contribution in [0.2, 0.25) is 0 Å². The van der Waals surface area contributed by atoms with Gasteiger partial charge >= 0.3 is 5.97 Å². The number of nitrogens with one attached hydrogen (secondary N) is 2. The maximum Gasteiger partial charge on any atom is 0.305 e. The first-order valence-electron chi connectivity index (χ1n) is 24.7. The Balaban J connectivity index is 0.0000504. The first-order chi connectivity index (χ1) is 34.7. The lowest BCUT2D eigenvalue weighted by molar-refractivity contribution is -0.194. The van der Waals surface area contributed by atoms with Gasteiger partial charge in [0.2, 0.25) is 17.7 Å². The summed E-state index contributed by atoms with van der Waals surface area (Å²) in [5.74, 6) is -0.223. The Morgan fingerprint density at radius 3 is 1.47 bits per heavy atom. The van der Waals surface area contributed by atoms with Gasteiger partial charge in [0, 0.05) is 51.4 Å². The van der Waals surface area contributed by atoms with Crippen molar-refractivity contribution in [1.82, 2.24) is 15.5 Å². The van der Waals surface area contributed by atoms with E-state index < -0.39 is 11.5 Å². The fourth-order valence-corrected chi connectivity index (χ4v) is 6.86. The van der Waals surface area contributed by atoms with Crippen LogP contribution in [-0.4, -0.2) is 262 Å². The first kappa shape index (κ1) is 69.3. The summed E-state index contributed by atoms with van der Waals surface area (Å²) in [6.45, 7) is 16.8. The standard InChI is InChI=1S/C47H87N3O20S.H2O/c1-5-41(38-51)70-46(56-4)39-69-45(54)8-6-7-40(2)49-10-36-71-42-37-44(53)50(47(42)55)11-13-58-15-17-60-19-21-62-23-25-64-27-29-66-31-33-68-35-34-67-32-30-65-28-26-63-24-22-61-20-18-59-16-14-57-12-9-43(52)48-3;/h41-42,46,49,51H,2,5-39H2,1,3-4H3,(H,48,52);1H2. The summed E-state index contributed by atoms with van der Waals surface area (Å²) in [5, 5.41) is 14.6. The van der Waals surface area contributed by atoms with Crippen molar-refractivity contribution in [3.8, 4) is 0 Å². The van der Waals surface area contributed by atoms with E-state index in [-0.39, 0.29) is 74.5 Å². The van der Waals surface area contributed by atoms with Crippen molar-refractivity contribution < 1.29 is 101 Å². The maximum absolute atomic E-state index is 12.8. The van der Waals surface area contributed by atoms with Gasteiger partial charge in [-0.15, -0.1) is 11.8 Å². The second-order valence-corrected chi connectivity index (χ2v) is 16.6. The van der Waals surface area contributed by atoms with Gasteiger partial charge < -0.3 is 92.3 Å². The minimum atomic E-state index is -0.742. The Hall–Kier alpha value is -2.67. The summed E-state index contributed by atoms with van der Waals surface area (Å²) < 4.78 is 81.7. The highest BCUT2D eigenvalue weighted by Crippen LogP contribution is 2.24. The Labute approximate surface area is 430 Å². The molecule has 0 aromatic carbocycles. The van der Waals surface area contributed by atoms with Gasteiger partial charge in [-0.1, -0.05) is 13.5 Å². The zero-order chi connectivity index (χ0) is 51.7. The molecule has 1 aliphatic heterocycles. The van der Waals surface area contributed by atoms with E-state index in [9.17, 15) is 24.3 Å². The normalized spacial score (nSPS) is 14.4. The molecule has 424 valence electrons. The van der Waals surface area contributed by atoms with Crippen LogP contribution in [-0.2, 0) is 90.2 Å². The molecule has 0 aromatic heterocycles. The highest BCUT2D eigenvalue weighted by molar-refractivity contribution is 8.00. The molecule has 0 spiro atoms. The number of thioether (sulfide) groups is 1. The number of methoxy groups -OCH3 is 1. The fourth-order valence-electron chi connectivity index (χ4n) is 5.83. The fraction of sp³-hybridized carbons (Fsp3) is 0.872. The van der Waals surface area contributed by atoms with Crippen LogP contribution in [0.1, 0.15) is 45.4 Å². The molecule has 24 nitrogen and oxygen atoms in total. The Kier molecular flexibility index (Phi) is 49.9. The van der Waals surface area contributed by atoms with E-state index >= 15 is 0 Å². The predicted molar refractivity (Wildman–Crippen MR) is 265 cm³/mol. The molecular weight excluding hydrogens is 975 g/mol. The number of aliphatic hydroxyl groups excluding tert-OH is 1. The van der Waals surface area contributed by atoms with Crippen LogP contribution >= 0.6 is 11.8 Å². The molecule has 0 aliphatic carbocycles. The molecule has 3 amide bonds. The summed E-state index contributed by atoms with van der Waals surface area (Å²) in [5.41, 5.74) is 0.769. The van der Waals surface area contributed by atoms with Gasteiger partial charge in [0.05, 0.1) is 183 Å². The van der Waals surface area contributed by atoms with Crippen molar-refractivity contribution in [1.29, 1.82) is 0 Å². The molecule has 25 heteroatoms. The lowest BCUT2D eigenvalue weighted by atomic mass is 10.2. The third kappa shape index (κ3) is 41.7. The number of ether oxygens (including phenoxy) is 15. The van der Waals surface area contributed by atoms with Crippen molar-refractivity contribution in [2.24, 2.45) is 0 Å². The number of nitrogens with zero attached hydrogens (tertiary/aromatic N) is 1. The van der Waals surface area contributed by atoms with E-state index in [1.54, 1.807) is 7.05 Å². The SMILES string of the molecule is C=C(CCCC(=O)OCC(OC)OC(CC)CO)NCCSC1CC(=O)N(CCOCCOCCOCCOCCOCCOCCOCCOCCOCCOCCOCCOCCC(=O)NC)C1=O.O. The quantitative estimate of drug-likeness (QED) is 0.0311. The summed E-state index contributed by atoms with van der Waals surface area (Å²) in [6.07, 6.45) is 1.31. The number of allylic oxidation sites excluding steroid dienone is 1. The van der Waals surface area contributed by atoms with Gasteiger partial charge in [-0.3, -0.25) is 24.1 Å². The average molecular weight is 1060 g/mol. The first-order valence-corrected chi connectivity index (χ1v) is 25.8.